The SMILES string of the molecule is COC1(C(=O)N[C@@H](C)c2ccc(-n3cc(F)cn3)nc2)CCC(C2=NC(Nc3cc(C)[nH]n3)=C[C@@H]3NC=NC23)CC1. The number of amides is 1. The van der Waals surface area contributed by atoms with Gasteiger partial charge in [-0.25, -0.2) is 19.0 Å². The average Bonchev–Trinajstić information content (AvgIpc) is 3.74. The van der Waals surface area contributed by atoms with Crippen molar-refractivity contribution >= 4 is 23.8 Å². The van der Waals surface area contributed by atoms with E-state index in [9.17, 15) is 9.18 Å². The van der Waals surface area contributed by atoms with Crippen LogP contribution in [0.1, 0.15) is 49.9 Å². The molecule has 1 fully saturated rings. The minimum Gasteiger partial charge on any atom is -0.368 e. The highest BCUT2D eigenvalue weighted by molar-refractivity contribution is 5.97. The first-order valence-electron chi connectivity index (χ1n) is 13.7. The number of halogens is 1. The summed E-state index contributed by atoms with van der Waals surface area (Å²) < 4.78 is 20.6. The number of aromatic nitrogens is 5. The topological polar surface area (TPSA) is 146 Å². The Morgan fingerprint density at radius 2 is 2.10 bits per heavy atom. The number of methoxy groups -OCH3 is 1. The maximum absolute atomic E-state index is 13.5. The van der Waals surface area contributed by atoms with Crippen molar-refractivity contribution in [2.75, 3.05) is 12.4 Å². The summed E-state index contributed by atoms with van der Waals surface area (Å²) in [4.78, 5) is 27.5. The number of aryl methyl sites for hydroxylation is 1. The van der Waals surface area contributed by atoms with Crippen molar-refractivity contribution in [1.82, 2.24) is 35.6 Å². The first-order valence-corrected chi connectivity index (χ1v) is 13.7. The second-order valence-corrected chi connectivity index (χ2v) is 10.8. The third-order valence-corrected chi connectivity index (χ3v) is 8.11. The number of carbonyl (C=O) groups excluding carboxylic acids is 1. The molecule has 214 valence electrons. The first-order chi connectivity index (χ1) is 19.8. The first kappa shape index (κ1) is 26.8. The Morgan fingerprint density at radius 1 is 1.27 bits per heavy atom. The second-order valence-electron chi connectivity index (χ2n) is 10.8. The number of nitrogens with zero attached hydrogens (tertiary/aromatic N) is 6. The van der Waals surface area contributed by atoms with Crippen LogP contribution in [-0.2, 0) is 9.53 Å². The van der Waals surface area contributed by atoms with Gasteiger partial charge in [0.15, 0.2) is 17.5 Å². The van der Waals surface area contributed by atoms with E-state index in [1.807, 2.05) is 32.1 Å². The fraction of sp³-hybridized carbons (Fsp3) is 0.429. The van der Waals surface area contributed by atoms with Gasteiger partial charge in [-0.1, -0.05) is 6.07 Å². The summed E-state index contributed by atoms with van der Waals surface area (Å²) in [5.74, 6) is 1.52. The molecule has 3 aliphatic rings. The fourth-order valence-electron chi connectivity index (χ4n) is 5.75. The van der Waals surface area contributed by atoms with Crippen LogP contribution in [0.2, 0.25) is 0 Å². The van der Waals surface area contributed by atoms with Crippen molar-refractivity contribution < 1.29 is 13.9 Å². The third kappa shape index (κ3) is 5.36. The van der Waals surface area contributed by atoms with Gasteiger partial charge in [-0.15, -0.1) is 0 Å². The van der Waals surface area contributed by atoms with Crippen molar-refractivity contribution in [3.05, 3.63) is 65.8 Å². The summed E-state index contributed by atoms with van der Waals surface area (Å²) in [6.45, 7) is 3.85. The number of H-pyrrole nitrogens is 1. The number of nitrogens with one attached hydrogen (secondary N) is 4. The molecule has 1 saturated carbocycles. The van der Waals surface area contributed by atoms with E-state index in [0.717, 1.165) is 41.8 Å². The van der Waals surface area contributed by atoms with Gasteiger partial charge in [0.1, 0.15) is 17.5 Å². The highest BCUT2D eigenvalue weighted by atomic mass is 19.1. The molecule has 0 bridgehead atoms. The molecule has 0 spiro atoms. The van der Waals surface area contributed by atoms with Crippen LogP contribution >= 0.6 is 0 Å². The van der Waals surface area contributed by atoms with Gasteiger partial charge in [0.05, 0.1) is 36.5 Å². The predicted molar refractivity (Wildman–Crippen MR) is 151 cm³/mol. The molecule has 12 nitrogen and oxygen atoms in total. The molecule has 1 aliphatic carbocycles. The Bertz CT molecular complexity index is 1500. The van der Waals surface area contributed by atoms with E-state index >= 15 is 0 Å². The number of ether oxygens (including phenoxy) is 1. The van der Waals surface area contributed by atoms with Crippen molar-refractivity contribution in [3.63, 3.8) is 0 Å². The van der Waals surface area contributed by atoms with E-state index in [0.29, 0.717) is 24.5 Å². The quantitative estimate of drug-likeness (QED) is 0.331. The number of fused-ring (bicyclic) bond motifs is 1. The number of hydrogen-bond donors (Lipinski definition) is 4. The molecule has 0 radical (unpaired) electrons. The molecule has 5 heterocycles. The summed E-state index contributed by atoms with van der Waals surface area (Å²) in [5, 5.41) is 20.9. The summed E-state index contributed by atoms with van der Waals surface area (Å²) in [6.07, 6.45) is 10.5. The number of anilines is 1. The van der Waals surface area contributed by atoms with Crippen LogP contribution in [0.5, 0.6) is 0 Å². The van der Waals surface area contributed by atoms with E-state index in [-0.39, 0.29) is 30.0 Å². The summed E-state index contributed by atoms with van der Waals surface area (Å²) in [6, 6.07) is 5.18. The number of aliphatic imine (C=N–C) groups is 2. The van der Waals surface area contributed by atoms with Crippen molar-refractivity contribution in [3.8, 4) is 5.82 Å². The summed E-state index contributed by atoms with van der Waals surface area (Å²) in [7, 11) is 1.60. The van der Waals surface area contributed by atoms with Crippen molar-refractivity contribution in [2.45, 2.75) is 63.3 Å². The summed E-state index contributed by atoms with van der Waals surface area (Å²) in [5.41, 5.74) is 1.86. The molecular weight excluding hydrogens is 527 g/mol. The number of rotatable bonds is 8. The van der Waals surface area contributed by atoms with Crippen LogP contribution in [0.15, 0.2) is 58.7 Å². The molecular formula is C28H33FN10O2. The normalized spacial score (nSPS) is 26.0. The van der Waals surface area contributed by atoms with Crippen LogP contribution in [0, 0.1) is 18.7 Å². The number of hydrogen-bond acceptors (Lipinski definition) is 9. The van der Waals surface area contributed by atoms with Gasteiger partial charge >= 0.3 is 0 Å². The van der Waals surface area contributed by atoms with E-state index in [1.165, 1.54) is 10.9 Å². The lowest BCUT2D eigenvalue weighted by Gasteiger charge is -2.40. The van der Waals surface area contributed by atoms with Gasteiger partial charge < -0.3 is 20.7 Å². The molecule has 3 aromatic heterocycles. The Labute approximate surface area is 236 Å². The Balaban J connectivity index is 1.11. The fourth-order valence-corrected chi connectivity index (χ4v) is 5.75. The zero-order chi connectivity index (χ0) is 28.6. The molecule has 3 aromatic rings. The largest absolute Gasteiger partial charge is 0.368 e. The van der Waals surface area contributed by atoms with E-state index in [1.54, 1.807) is 25.7 Å². The van der Waals surface area contributed by atoms with Crippen molar-refractivity contribution in [1.29, 1.82) is 0 Å². The maximum atomic E-state index is 13.5. The molecule has 0 saturated heterocycles. The van der Waals surface area contributed by atoms with Gasteiger partial charge in [-0.05, 0) is 63.2 Å². The molecule has 13 heteroatoms. The predicted octanol–water partition coefficient (Wildman–Crippen LogP) is 2.97. The highest BCUT2D eigenvalue weighted by Gasteiger charge is 2.45. The van der Waals surface area contributed by atoms with Gasteiger partial charge in [0.2, 0.25) is 0 Å². The average molecular weight is 561 g/mol. The molecule has 6 rings (SSSR count). The summed E-state index contributed by atoms with van der Waals surface area (Å²) >= 11 is 0. The van der Waals surface area contributed by atoms with E-state index < -0.39 is 11.4 Å². The molecule has 2 aliphatic heterocycles. The minimum atomic E-state index is -0.931. The van der Waals surface area contributed by atoms with Gasteiger partial charge in [-0.2, -0.15) is 10.2 Å². The van der Waals surface area contributed by atoms with Crippen LogP contribution < -0.4 is 16.0 Å². The molecule has 1 amide bonds. The number of aromatic amines is 1. The van der Waals surface area contributed by atoms with Crippen molar-refractivity contribution in [2.24, 2.45) is 15.9 Å². The molecule has 3 atom stereocenters. The second kappa shape index (κ2) is 10.9. The standard InChI is InChI=1S/C28H33FN10O2/c1-16-10-23(38-37-16)35-22-11-21-26(32-15-31-21)25(36-22)18-6-8-28(41-3,9-7-18)27(40)34-17(2)19-4-5-24(30-12-19)39-14-20(29)13-33-39/h4-5,10-15,17-18,21,26H,6-9H2,1-3H3,(H,31,32)(H,34,40)(H2,35,37,38)/t17-,18?,21-,26?,28?/m0/s1. The Morgan fingerprint density at radius 3 is 2.76 bits per heavy atom. The van der Waals surface area contributed by atoms with Crippen LogP contribution in [0.4, 0.5) is 10.2 Å². The molecule has 1 unspecified atom stereocenters. The third-order valence-electron chi connectivity index (χ3n) is 8.11. The van der Waals surface area contributed by atoms with Crippen LogP contribution in [0.25, 0.3) is 5.82 Å². The zero-order valence-corrected chi connectivity index (χ0v) is 23.1. The number of carbonyl (C=O) groups is 1. The lowest BCUT2D eigenvalue weighted by Crippen LogP contribution is -2.52. The van der Waals surface area contributed by atoms with Crippen LogP contribution in [-0.4, -0.2) is 67.7 Å². The zero-order valence-electron chi connectivity index (χ0n) is 23.1. The minimum absolute atomic E-state index is 0.0237. The number of pyridine rings is 1. The van der Waals surface area contributed by atoms with Gasteiger partial charge in [-0.3, -0.25) is 14.9 Å². The maximum Gasteiger partial charge on any atom is 0.252 e. The van der Waals surface area contributed by atoms with Gasteiger partial charge in [0, 0.05) is 25.1 Å². The van der Waals surface area contributed by atoms with Crippen LogP contribution in [0.3, 0.4) is 0 Å². The van der Waals surface area contributed by atoms with E-state index in [4.69, 9.17) is 9.73 Å². The smallest absolute Gasteiger partial charge is 0.252 e. The molecule has 4 N–H and O–H groups in total. The van der Waals surface area contributed by atoms with E-state index in [2.05, 4.69) is 41.2 Å². The monoisotopic (exact) mass is 560 g/mol. The lowest BCUT2D eigenvalue weighted by atomic mass is 9.74. The van der Waals surface area contributed by atoms with Gasteiger partial charge in [0.25, 0.3) is 5.91 Å². The Kier molecular flexibility index (Phi) is 7.12. The molecule has 0 aromatic carbocycles. The molecule has 41 heavy (non-hydrogen) atoms. The Hall–Kier alpha value is -4.39. The highest BCUT2D eigenvalue weighted by Crippen LogP contribution is 2.38. The lowest BCUT2D eigenvalue weighted by molar-refractivity contribution is -0.148.